The Balaban J connectivity index is 1.50. The number of aromatic nitrogens is 2. The number of ether oxygens (including phenoxy) is 3. The van der Waals surface area contributed by atoms with E-state index in [1.54, 1.807) is 48.5 Å². The molecule has 0 aliphatic carbocycles. The number of nitrogens with one attached hydrogen (secondary N) is 1. The molecule has 0 fully saturated rings. The van der Waals surface area contributed by atoms with Crippen LogP contribution in [0, 0.1) is 23.8 Å². The Labute approximate surface area is 338 Å². The zero-order valence-electron chi connectivity index (χ0n) is 31.5. The lowest BCUT2D eigenvalue weighted by molar-refractivity contribution is -0.164. The van der Waals surface area contributed by atoms with E-state index in [-0.39, 0.29) is 52.2 Å². The van der Waals surface area contributed by atoms with Crippen LogP contribution in [0.1, 0.15) is 45.4 Å². The number of hydrogen-bond donors (Lipinski definition) is 4. The van der Waals surface area contributed by atoms with Crippen LogP contribution in [0.5, 0.6) is 5.75 Å². The Kier molecular flexibility index (Phi) is 15.5. The standard InChI is InChI=1S/C39H41ClN8O8S/c1-20(14-31(49)21(2)42)38(51)55-18-29(56-39(52)23(4)46-35(50)22(3)43)17-53-28-12-8-24(9-13-28)32-30(15-41)37(48-34(44)33(32)45-5)57-19-27-16-54-36(47-27)25-6-10-26(40)11-7-25/h6-13,16,20-23,29H,14,17-19,42-43H2,1-4H3,(H2,44,48)(H,46,50)/t20-,21-,22-,23+,29+/m1/s1. The number of oxazole rings is 1. The number of ketones is 1. The van der Waals surface area contributed by atoms with Gasteiger partial charge in [0.1, 0.15) is 54.0 Å². The van der Waals surface area contributed by atoms with Gasteiger partial charge in [0.05, 0.1) is 35.8 Å². The molecule has 57 heavy (non-hydrogen) atoms. The second kappa shape index (κ2) is 20.3. The van der Waals surface area contributed by atoms with E-state index >= 15 is 0 Å². The van der Waals surface area contributed by atoms with Gasteiger partial charge in [0.2, 0.25) is 17.5 Å². The van der Waals surface area contributed by atoms with Crippen LogP contribution in [-0.4, -0.2) is 71.0 Å². The van der Waals surface area contributed by atoms with Crippen LogP contribution < -0.4 is 27.3 Å². The van der Waals surface area contributed by atoms with E-state index in [4.69, 9.17) is 54.0 Å². The predicted octanol–water partition coefficient (Wildman–Crippen LogP) is 4.98. The summed E-state index contributed by atoms with van der Waals surface area (Å²) in [4.78, 5) is 62.1. The first-order valence-electron chi connectivity index (χ1n) is 17.5. The molecule has 0 saturated heterocycles. The number of esters is 2. The maximum atomic E-state index is 12.9. The third kappa shape index (κ3) is 12.0. The number of pyridine rings is 1. The summed E-state index contributed by atoms with van der Waals surface area (Å²) >= 11 is 7.19. The van der Waals surface area contributed by atoms with Gasteiger partial charge in [0.15, 0.2) is 6.10 Å². The van der Waals surface area contributed by atoms with Crippen molar-refractivity contribution in [3.63, 3.8) is 0 Å². The second-order valence-electron chi connectivity index (χ2n) is 13.0. The van der Waals surface area contributed by atoms with E-state index in [2.05, 4.69) is 26.2 Å². The lowest BCUT2D eigenvalue weighted by Gasteiger charge is -2.22. The highest BCUT2D eigenvalue weighted by molar-refractivity contribution is 7.98. The van der Waals surface area contributed by atoms with Crippen molar-refractivity contribution < 1.29 is 37.8 Å². The molecule has 2 heterocycles. The zero-order chi connectivity index (χ0) is 41.8. The Morgan fingerprint density at radius 1 is 0.982 bits per heavy atom. The number of carbonyl (C=O) groups excluding carboxylic acids is 4. The monoisotopic (exact) mass is 816 g/mol. The molecule has 0 unspecified atom stereocenters. The van der Waals surface area contributed by atoms with Crippen molar-refractivity contribution in [1.82, 2.24) is 15.3 Å². The summed E-state index contributed by atoms with van der Waals surface area (Å²) in [5, 5.41) is 13.6. The minimum absolute atomic E-state index is 0.00749. The van der Waals surface area contributed by atoms with Crippen LogP contribution in [0.3, 0.4) is 0 Å². The number of hydrogen-bond acceptors (Lipinski definition) is 15. The maximum absolute atomic E-state index is 12.9. The number of nitrogens with zero attached hydrogens (tertiary/aromatic N) is 4. The quantitative estimate of drug-likeness (QED) is 0.0587. The first kappa shape index (κ1) is 43.7. The first-order chi connectivity index (χ1) is 27.1. The Hall–Kier alpha value is -5.98. The van der Waals surface area contributed by atoms with Crippen LogP contribution in [-0.2, 0) is 34.4 Å². The number of Topliss-reactive ketones (excluding diaryl/α,β-unsaturated/α-hetero) is 1. The summed E-state index contributed by atoms with van der Waals surface area (Å²) in [6.07, 6.45) is 0.226. The number of anilines is 1. The number of amides is 1. The van der Waals surface area contributed by atoms with Gasteiger partial charge in [-0.25, -0.2) is 19.6 Å². The number of nitrogens with two attached hydrogens (primary N) is 3. The summed E-state index contributed by atoms with van der Waals surface area (Å²) in [7, 11) is 0. The fourth-order valence-corrected chi connectivity index (χ4v) is 5.99. The molecule has 0 spiro atoms. The molecule has 4 rings (SSSR count). The van der Waals surface area contributed by atoms with Gasteiger partial charge >= 0.3 is 11.9 Å². The summed E-state index contributed by atoms with van der Waals surface area (Å²) in [5.74, 6) is -2.35. The Morgan fingerprint density at radius 3 is 2.26 bits per heavy atom. The van der Waals surface area contributed by atoms with Crippen molar-refractivity contribution in [2.24, 2.45) is 17.4 Å². The van der Waals surface area contributed by atoms with Crippen LogP contribution in [0.15, 0.2) is 64.2 Å². The van der Waals surface area contributed by atoms with Gasteiger partial charge < -0.3 is 41.1 Å². The molecule has 1 amide bonds. The summed E-state index contributed by atoms with van der Waals surface area (Å²) in [6, 6.07) is 12.8. The van der Waals surface area contributed by atoms with Crippen LogP contribution in [0.25, 0.3) is 27.4 Å². The van der Waals surface area contributed by atoms with E-state index in [0.29, 0.717) is 27.9 Å². The molecule has 0 saturated carbocycles. The highest BCUT2D eigenvalue weighted by Gasteiger charge is 2.27. The SMILES string of the molecule is [C-]#[N+]c1c(N)nc(SCc2coc(-c3ccc(Cl)cc3)n2)c(C#N)c1-c1ccc(OC[C@@H](COC(=O)[C@H](C)CC(=O)[C@@H](C)N)OC(=O)[C@H](C)NC(=O)[C@@H](C)N)cc1. The molecule has 7 N–H and O–H groups in total. The first-order valence-corrected chi connectivity index (χ1v) is 18.9. The third-order valence-electron chi connectivity index (χ3n) is 8.21. The molecule has 0 aliphatic heterocycles. The van der Waals surface area contributed by atoms with Crippen LogP contribution in [0.4, 0.5) is 11.5 Å². The molecule has 5 atom stereocenters. The summed E-state index contributed by atoms with van der Waals surface area (Å²) in [5.41, 5.74) is 19.6. The van der Waals surface area contributed by atoms with Crippen molar-refractivity contribution in [2.75, 3.05) is 18.9 Å². The highest BCUT2D eigenvalue weighted by Crippen LogP contribution is 2.42. The van der Waals surface area contributed by atoms with Gasteiger partial charge in [-0.15, -0.1) is 0 Å². The number of thioether (sulfide) groups is 1. The summed E-state index contributed by atoms with van der Waals surface area (Å²) in [6.45, 7) is 13.0. The lowest BCUT2D eigenvalue weighted by Crippen LogP contribution is -2.47. The minimum Gasteiger partial charge on any atom is -0.490 e. The molecular weight excluding hydrogens is 776 g/mol. The van der Waals surface area contributed by atoms with Crippen molar-refractivity contribution in [1.29, 1.82) is 5.26 Å². The molecule has 16 nitrogen and oxygen atoms in total. The van der Waals surface area contributed by atoms with E-state index in [1.165, 1.54) is 45.7 Å². The van der Waals surface area contributed by atoms with Gasteiger partial charge in [-0.05, 0) is 62.7 Å². The minimum atomic E-state index is -1.14. The topological polar surface area (TPSA) is 253 Å². The van der Waals surface area contributed by atoms with E-state index in [9.17, 15) is 24.4 Å². The normalized spacial score (nSPS) is 13.5. The zero-order valence-corrected chi connectivity index (χ0v) is 33.1. The molecule has 2 aromatic heterocycles. The highest BCUT2D eigenvalue weighted by atomic mass is 35.5. The second-order valence-corrected chi connectivity index (χ2v) is 14.4. The molecule has 18 heteroatoms. The molecule has 4 aromatic rings. The Morgan fingerprint density at radius 2 is 1.65 bits per heavy atom. The largest absolute Gasteiger partial charge is 0.490 e. The molecule has 2 aromatic carbocycles. The van der Waals surface area contributed by atoms with Crippen molar-refractivity contribution >= 4 is 58.5 Å². The predicted molar refractivity (Wildman–Crippen MR) is 212 cm³/mol. The van der Waals surface area contributed by atoms with E-state index < -0.39 is 54.6 Å². The summed E-state index contributed by atoms with van der Waals surface area (Å²) < 4.78 is 22.4. The van der Waals surface area contributed by atoms with Gasteiger partial charge in [-0.1, -0.05) is 42.4 Å². The third-order valence-corrected chi connectivity index (χ3v) is 9.47. The average molecular weight is 817 g/mol. The van der Waals surface area contributed by atoms with Crippen molar-refractivity contribution in [2.45, 2.75) is 69.1 Å². The molecule has 0 radical (unpaired) electrons. The van der Waals surface area contributed by atoms with Gasteiger partial charge in [-0.2, -0.15) is 5.26 Å². The number of nitriles is 1. The van der Waals surface area contributed by atoms with Crippen molar-refractivity contribution in [3.05, 3.63) is 82.5 Å². The van der Waals surface area contributed by atoms with Crippen LogP contribution in [0.2, 0.25) is 5.02 Å². The Bertz CT molecular complexity index is 2160. The van der Waals surface area contributed by atoms with Gasteiger partial charge in [0, 0.05) is 28.3 Å². The average Bonchev–Trinajstić information content (AvgIpc) is 3.66. The van der Waals surface area contributed by atoms with Crippen LogP contribution >= 0.6 is 23.4 Å². The van der Waals surface area contributed by atoms with Gasteiger partial charge in [0.25, 0.3) is 0 Å². The fourth-order valence-electron chi connectivity index (χ4n) is 5.00. The molecule has 0 bridgehead atoms. The number of nitrogen functional groups attached to an aromatic ring is 1. The van der Waals surface area contributed by atoms with E-state index in [0.717, 1.165) is 5.56 Å². The number of halogens is 1. The lowest BCUT2D eigenvalue weighted by atomic mass is 10.00. The molecule has 298 valence electrons. The maximum Gasteiger partial charge on any atom is 0.328 e. The number of benzene rings is 2. The molecular formula is C39H41ClN8O8S. The van der Waals surface area contributed by atoms with Crippen molar-refractivity contribution in [3.8, 4) is 34.4 Å². The smallest absolute Gasteiger partial charge is 0.328 e. The number of rotatable bonds is 18. The van der Waals surface area contributed by atoms with E-state index in [1.807, 2.05) is 0 Å². The van der Waals surface area contributed by atoms with Gasteiger partial charge in [-0.3, -0.25) is 14.4 Å². The molecule has 0 aliphatic rings. The fraction of sp³-hybridized carbons (Fsp3) is 0.333. The number of carbonyl (C=O) groups is 4.